The summed E-state index contributed by atoms with van der Waals surface area (Å²) < 4.78 is 0. The number of phenols is 2. The number of rotatable bonds is 1. The van der Waals surface area contributed by atoms with Gasteiger partial charge in [0.25, 0.3) is 0 Å². The first kappa shape index (κ1) is 8.27. The summed E-state index contributed by atoms with van der Waals surface area (Å²) in [6, 6.07) is 4.10. The third kappa shape index (κ3) is 1.80. The molecular weight excluding hydrogens is 163 g/mol. The Hall–Kier alpha value is -0.830. The van der Waals surface area contributed by atoms with Crippen molar-refractivity contribution in [2.75, 3.05) is 0 Å². The summed E-state index contributed by atoms with van der Waals surface area (Å²) >= 11 is 0. The minimum absolute atomic E-state index is 0.0268. The molecule has 0 saturated heterocycles. The van der Waals surface area contributed by atoms with Crippen molar-refractivity contribution in [1.82, 2.24) is 0 Å². The van der Waals surface area contributed by atoms with E-state index in [-0.39, 0.29) is 11.5 Å². The number of nitrogens with two attached hydrogens (primary N) is 2. The van der Waals surface area contributed by atoms with Crippen LogP contribution in [-0.4, -0.2) is 10.2 Å². The molecule has 0 atom stereocenters. The van der Waals surface area contributed by atoms with Gasteiger partial charge in [0.05, 0.1) is 13.5 Å². The molecule has 0 aliphatic rings. The Bertz CT molecular complexity index is 265. The zero-order valence-electron chi connectivity index (χ0n) is 5.73. The Labute approximate surface area is 65.3 Å². The quantitative estimate of drug-likeness (QED) is 0.353. The minimum atomic E-state index is -1.34. The smallest absolute Gasteiger partial charge is 0.126 e. The highest BCUT2D eigenvalue weighted by Gasteiger charge is 2.06. The van der Waals surface area contributed by atoms with Gasteiger partial charge in [0.15, 0.2) is 0 Å². The lowest BCUT2D eigenvalue weighted by Gasteiger charge is -2.07. The first-order valence-electron chi connectivity index (χ1n) is 2.93. The van der Waals surface area contributed by atoms with Gasteiger partial charge in [0, 0.05) is 0 Å². The van der Waals surface area contributed by atoms with Gasteiger partial charge in [-0.1, -0.05) is 0 Å². The van der Waals surface area contributed by atoms with Crippen LogP contribution >= 0.6 is 8.22 Å². The molecule has 1 aromatic rings. The zero-order chi connectivity index (χ0) is 8.43. The van der Waals surface area contributed by atoms with Crippen LogP contribution in [0.5, 0.6) is 11.5 Å². The third-order valence-electron chi connectivity index (χ3n) is 1.24. The highest BCUT2D eigenvalue weighted by Crippen LogP contribution is 2.23. The number of hydrogen-bond donors (Lipinski definition) is 4. The molecule has 60 valence electrons. The Morgan fingerprint density at radius 2 is 1.82 bits per heavy atom. The van der Waals surface area contributed by atoms with Gasteiger partial charge in [-0.2, -0.15) is 0 Å². The fraction of sp³-hybridized carbons (Fsp3) is 0. The Balaban J connectivity index is 3.13. The molecular formula is C6H9N2O2P. The fourth-order valence-corrected chi connectivity index (χ4v) is 1.34. The van der Waals surface area contributed by atoms with Crippen LogP contribution in [0.2, 0.25) is 0 Å². The topological polar surface area (TPSA) is 92.5 Å². The van der Waals surface area contributed by atoms with E-state index in [0.29, 0.717) is 5.30 Å². The third-order valence-corrected chi connectivity index (χ3v) is 2.15. The second kappa shape index (κ2) is 3.05. The fourth-order valence-electron chi connectivity index (χ4n) is 0.719. The normalized spacial score (nSPS) is 10.5. The van der Waals surface area contributed by atoms with Gasteiger partial charge < -0.3 is 10.2 Å². The summed E-state index contributed by atoms with van der Waals surface area (Å²) in [5.41, 5.74) is 10.7. The number of phenolic OH excluding ortho intramolecular Hbond substituents is 2. The van der Waals surface area contributed by atoms with Crippen molar-refractivity contribution in [2.45, 2.75) is 0 Å². The van der Waals surface area contributed by atoms with Crippen LogP contribution in [0.25, 0.3) is 0 Å². The standard InChI is InChI=1S/C6H9N2O2P/c7-11(8)6-3-4(9)1-2-5(6)10/h1-3,9-10H,7-8H2. The van der Waals surface area contributed by atoms with Gasteiger partial charge >= 0.3 is 0 Å². The van der Waals surface area contributed by atoms with Gasteiger partial charge in [-0.25, -0.2) is 0 Å². The van der Waals surface area contributed by atoms with Crippen LogP contribution in [0.15, 0.2) is 18.2 Å². The lowest BCUT2D eigenvalue weighted by molar-refractivity contribution is 0.463. The van der Waals surface area contributed by atoms with E-state index >= 15 is 0 Å². The van der Waals surface area contributed by atoms with E-state index in [0.717, 1.165) is 0 Å². The Morgan fingerprint density at radius 1 is 1.18 bits per heavy atom. The average Bonchev–Trinajstić information content (AvgIpc) is 1.94. The van der Waals surface area contributed by atoms with E-state index in [1.54, 1.807) is 0 Å². The highest BCUT2D eigenvalue weighted by atomic mass is 31.1. The summed E-state index contributed by atoms with van der Waals surface area (Å²) in [5, 5.41) is 18.5. The maximum absolute atomic E-state index is 9.15. The molecule has 0 heterocycles. The van der Waals surface area contributed by atoms with Gasteiger partial charge in [-0.05, 0) is 18.2 Å². The van der Waals surface area contributed by atoms with E-state index < -0.39 is 8.22 Å². The van der Waals surface area contributed by atoms with E-state index in [1.165, 1.54) is 18.2 Å². The summed E-state index contributed by atoms with van der Waals surface area (Å²) in [4.78, 5) is 0. The molecule has 0 aromatic heterocycles. The van der Waals surface area contributed by atoms with E-state index in [2.05, 4.69) is 0 Å². The van der Waals surface area contributed by atoms with Gasteiger partial charge in [-0.3, -0.25) is 11.0 Å². The van der Waals surface area contributed by atoms with Crippen molar-refractivity contribution in [3.8, 4) is 11.5 Å². The number of hydrogen-bond acceptors (Lipinski definition) is 4. The molecule has 5 heteroatoms. The summed E-state index contributed by atoms with van der Waals surface area (Å²) in [6.45, 7) is 0. The van der Waals surface area contributed by atoms with Crippen molar-refractivity contribution in [3.63, 3.8) is 0 Å². The Morgan fingerprint density at radius 3 is 2.27 bits per heavy atom. The molecule has 0 bridgehead atoms. The molecule has 1 rings (SSSR count). The second-order valence-corrected chi connectivity index (χ2v) is 3.38. The maximum Gasteiger partial charge on any atom is 0.126 e. The van der Waals surface area contributed by atoms with E-state index in [4.69, 9.17) is 21.2 Å². The molecule has 0 aliphatic carbocycles. The first-order chi connectivity index (χ1) is 5.11. The SMILES string of the molecule is NP(N)c1cc(O)ccc1O. The lowest BCUT2D eigenvalue weighted by Crippen LogP contribution is -2.13. The molecule has 11 heavy (non-hydrogen) atoms. The maximum atomic E-state index is 9.15. The molecule has 0 saturated carbocycles. The van der Waals surface area contributed by atoms with Crippen LogP contribution in [0, 0.1) is 0 Å². The molecule has 0 unspecified atom stereocenters. The summed E-state index contributed by atoms with van der Waals surface area (Å²) in [7, 11) is -1.34. The van der Waals surface area contributed by atoms with E-state index in [1.807, 2.05) is 0 Å². The predicted octanol–water partition coefficient (Wildman–Crippen LogP) is -0.0476. The molecule has 0 radical (unpaired) electrons. The van der Waals surface area contributed by atoms with Crippen LogP contribution in [0.1, 0.15) is 0 Å². The molecule has 1 aromatic carbocycles. The van der Waals surface area contributed by atoms with Crippen molar-refractivity contribution < 1.29 is 10.2 Å². The van der Waals surface area contributed by atoms with Crippen molar-refractivity contribution in [1.29, 1.82) is 0 Å². The molecule has 4 nitrogen and oxygen atoms in total. The summed E-state index contributed by atoms with van der Waals surface area (Å²) in [5.74, 6) is 0.0834. The van der Waals surface area contributed by atoms with E-state index in [9.17, 15) is 0 Å². The molecule has 0 amide bonds. The monoisotopic (exact) mass is 172 g/mol. The van der Waals surface area contributed by atoms with Gasteiger partial charge in [-0.15, -0.1) is 0 Å². The van der Waals surface area contributed by atoms with Gasteiger partial charge in [0.1, 0.15) is 11.5 Å². The van der Waals surface area contributed by atoms with Crippen molar-refractivity contribution in [3.05, 3.63) is 18.2 Å². The largest absolute Gasteiger partial charge is 0.508 e. The average molecular weight is 172 g/mol. The number of aromatic hydroxyl groups is 2. The minimum Gasteiger partial charge on any atom is -0.508 e. The highest BCUT2D eigenvalue weighted by molar-refractivity contribution is 7.61. The second-order valence-electron chi connectivity index (χ2n) is 2.08. The number of benzene rings is 1. The lowest BCUT2D eigenvalue weighted by atomic mass is 10.3. The predicted molar refractivity (Wildman–Crippen MR) is 44.7 cm³/mol. The van der Waals surface area contributed by atoms with Crippen LogP contribution < -0.4 is 16.3 Å². The molecule has 0 aliphatic heterocycles. The zero-order valence-corrected chi connectivity index (χ0v) is 6.62. The van der Waals surface area contributed by atoms with Gasteiger partial charge in [0.2, 0.25) is 0 Å². The molecule has 0 fully saturated rings. The first-order valence-corrected chi connectivity index (χ1v) is 4.41. The molecule has 6 N–H and O–H groups in total. The van der Waals surface area contributed by atoms with Crippen LogP contribution in [0.3, 0.4) is 0 Å². The van der Waals surface area contributed by atoms with Crippen LogP contribution in [-0.2, 0) is 0 Å². The summed E-state index contributed by atoms with van der Waals surface area (Å²) in [6.07, 6.45) is 0. The Kier molecular flexibility index (Phi) is 2.29. The van der Waals surface area contributed by atoms with Crippen molar-refractivity contribution >= 4 is 13.5 Å². The van der Waals surface area contributed by atoms with Crippen LogP contribution in [0.4, 0.5) is 0 Å². The van der Waals surface area contributed by atoms with Crippen molar-refractivity contribution in [2.24, 2.45) is 11.0 Å². The molecule has 0 spiro atoms.